The van der Waals surface area contributed by atoms with Gasteiger partial charge >= 0.3 is 0 Å². The Bertz CT molecular complexity index is 336. The minimum atomic E-state index is -0.238. The predicted molar refractivity (Wildman–Crippen MR) is 54.1 cm³/mol. The number of halogens is 1. The SMILES string of the molecule is COc1cc(Br)cc2c1CC(O)C2. The van der Waals surface area contributed by atoms with Gasteiger partial charge in [-0.15, -0.1) is 0 Å². The number of fused-ring (bicyclic) bond motifs is 1. The molecule has 0 heterocycles. The normalized spacial score (nSPS) is 20.1. The molecule has 0 bridgehead atoms. The number of benzene rings is 1. The Balaban J connectivity index is 2.50. The first-order valence-corrected chi connectivity index (χ1v) is 5.03. The van der Waals surface area contributed by atoms with Gasteiger partial charge in [0.15, 0.2) is 0 Å². The summed E-state index contributed by atoms with van der Waals surface area (Å²) in [5.74, 6) is 0.876. The molecule has 0 aromatic heterocycles. The lowest BCUT2D eigenvalue weighted by Gasteiger charge is -2.07. The first-order chi connectivity index (χ1) is 6.20. The van der Waals surface area contributed by atoms with Gasteiger partial charge in [0, 0.05) is 16.5 Å². The largest absolute Gasteiger partial charge is 0.496 e. The second-order valence-corrected chi connectivity index (χ2v) is 4.22. The fraction of sp³-hybridized carbons (Fsp3) is 0.400. The molecular formula is C10H11BrO2. The van der Waals surface area contributed by atoms with Crippen LogP contribution in [-0.4, -0.2) is 18.3 Å². The lowest BCUT2D eigenvalue weighted by molar-refractivity contribution is 0.186. The van der Waals surface area contributed by atoms with Crippen molar-refractivity contribution in [3.05, 3.63) is 27.7 Å². The molecule has 1 aromatic rings. The summed E-state index contributed by atoms with van der Waals surface area (Å²) in [7, 11) is 1.66. The molecule has 0 saturated carbocycles. The van der Waals surface area contributed by atoms with E-state index in [0.29, 0.717) is 6.42 Å². The van der Waals surface area contributed by atoms with E-state index in [1.54, 1.807) is 7.11 Å². The third kappa shape index (κ3) is 1.58. The van der Waals surface area contributed by atoms with Crippen LogP contribution in [0.3, 0.4) is 0 Å². The fourth-order valence-corrected chi connectivity index (χ4v) is 2.31. The number of ether oxygens (including phenoxy) is 1. The first kappa shape index (κ1) is 9.03. The van der Waals surface area contributed by atoms with Crippen molar-refractivity contribution in [3.63, 3.8) is 0 Å². The van der Waals surface area contributed by atoms with E-state index in [1.807, 2.05) is 12.1 Å². The van der Waals surface area contributed by atoms with Crippen LogP contribution in [0.15, 0.2) is 16.6 Å². The Morgan fingerprint density at radius 1 is 1.46 bits per heavy atom. The Morgan fingerprint density at radius 2 is 2.23 bits per heavy atom. The molecule has 1 aromatic carbocycles. The number of hydrogen-bond donors (Lipinski definition) is 1. The van der Waals surface area contributed by atoms with E-state index in [0.717, 1.165) is 22.2 Å². The molecule has 0 saturated heterocycles. The van der Waals surface area contributed by atoms with Crippen molar-refractivity contribution in [1.29, 1.82) is 0 Å². The molecule has 0 aliphatic heterocycles. The van der Waals surface area contributed by atoms with E-state index in [2.05, 4.69) is 15.9 Å². The average molecular weight is 243 g/mol. The van der Waals surface area contributed by atoms with Gasteiger partial charge < -0.3 is 9.84 Å². The molecule has 3 heteroatoms. The Hall–Kier alpha value is -0.540. The first-order valence-electron chi connectivity index (χ1n) is 4.24. The maximum Gasteiger partial charge on any atom is 0.123 e. The van der Waals surface area contributed by atoms with E-state index < -0.39 is 0 Å². The van der Waals surface area contributed by atoms with Crippen LogP contribution in [0.4, 0.5) is 0 Å². The summed E-state index contributed by atoms with van der Waals surface area (Å²) in [5.41, 5.74) is 2.34. The monoisotopic (exact) mass is 242 g/mol. The lowest BCUT2D eigenvalue weighted by Crippen LogP contribution is -2.03. The molecule has 2 rings (SSSR count). The van der Waals surface area contributed by atoms with Crippen LogP contribution in [0, 0.1) is 0 Å². The van der Waals surface area contributed by atoms with Crippen LogP contribution in [0.2, 0.25) is 0 Å². The van der Waals surface area contributed by atoms with Gasteiger partial charge in [-0.05, 0) is 24.1 Å². The van der Waals surface area contributed by atoms with Crippen molar-refractivity contribution in [2.24, 2.45) is 0 Å². The molecule has 0 radical (unpaired) electrons. The molecule has 13 heavy (non-hydrogen) atoms. The number of aliphatic hydroxyl groups excluding tert-OH is 1. The predicted octanol–water partition coefficient (Wildman–Crippen LogP) is 1.92. The summed E-state index contributed by atoms with van der Waals surface area (Å²) < 4.78 is 6.26. The molecule has 1 aliphatic rings. The highest BCUT2D eigenvalue weighted by Gasteiger charge is 2.22. The van der Waals surface area contributed by atoms with E-state index in [-0.39, 0.29) is 6.10 Å². The standard InChI is InChI=1S/C10H11BrO2/c1-13-10-4-7(11)2-6-3-8(12)5-9(6)10/h2,4,8,12H,3,5H2,1H3. The second-order valence-electron chi connectivity index (χ2n) is 3.31. The van der Waals surface area contributed by atoms with Crippen molar-refractivity contribution in [1.82, 2.24) is 0 Å². The van der Waals surface area contributed by atoms with Gasteiger partial charge in [-0.25, -0.2) is 0 Å². The minimum absolute atomic E-state index is 0.238. The van der Waals surface area contributed by atoms with Gasteiger partial charge in [0.05, 0.1) is 13.2 Å². The Morgan fingerprint density at radius 3 is 2.92 bits per heavy atom. The number of aliphatic hydroxyl groups is 1. The van der Waals surface area contributed by atoms with Crippen molar-refractivity contribution < 1.29 is 9.84 Å². The summed E-state index contributed by atoms with van der Waals surface area (Å²) in [6.45, 7) is 0. The van der Waals surface area contributed by atoms with Gasteiger partial charge in [-0.3, -0.25) is 0 Å². The number of rotatable bonds is 1. The lowest BCUT2D eigenvalue weighted by atomic mass is 10.1. The highest BCUT2D eigenvalue weighted by atomic mass is 79.9. The van der Waals surface area contributed by atoms with Gasteiger partial charge in [0.1, 0.15) is 5.75 Å². The quantitative estimate of drug-likeness (QED) is 0.816. The summed E-state index contributed by atoms with van der Waals surface area (Å²) in [4.78, 5) is 0. The molecule has 2 nitrogen and oxygen atoms in total. The Labute approximate surface area is 85.7 Å². The van der Waals surface area contributed by atoms with E-state index >= 15 is 0 Å². The van der Waals surface area contributed by atoms with Crippen molar-refractivity contribution in [2.75, 3.05) is 7.11 Å². The van der Waals surface area contributed by atoms with Crippen molar-refractivity contribution in [3.8, 4) is 5.75 Å². The molecule has 1 aliphatic carbocycles. The zero-order valence-corrected chi connectivity index (χ0v) is 8.97. The zero-order valence-electron chi connectivity index (χ0n) is 7.38. The van der Waals surface area contributed by atoms with Crippen LogP contribution in [0.25, 0.3) is 0 Å². The van der Waals surface area contributed by atoms with E-state index in [1.165, 1.54) is 5.56 Å². The molecule has 1 atom stereocenters. The van der Waals surface area contributed by atoms with Gasteiger partial charge in [0.25, 0.3) is 0 Å². The Kier molecular flexibility index (Phi) is 2.30. The molecule has 70 valence electrons. The van der Waals surface area contributed by atoms with Crippen LogP contribution in [0.1, 0.15) is 11.1 Å². The zero-order chi connectivity index (χ0) is 9.42. The molecule has 1 N–H and O–H groups in total. The summed E-state index contributed by atoms with van der Waals surface area (Å²) in [6.07, 6.45) is 1.22. The molecule has 0 fully saturated rings. The highest BCUT2D eigenvalue weighted by molar-refractivity contribution is 9.10. The smallest absolute Gasteiger partial charge is 0.123 e. The van der Waals surface area contributed by atoms with Gasteiger partial charge in [0.2, 0.25) is 0 Å². The highest BCUT2D eigenvalue weighted by Crippen LogP contribution is 2.33. The van der Waals surface area contributed by atoms with Crippen LogP contribution in [0.5, 0.6) is 5.75 Å². The molecule has 1 unspecified atom stereocenters. The topological polar surface area (TPSA) is 29.5 Å². The third-order valence-electron chi connectivity index (χ3n) is 2.38. The van der Waals surface area contributed by atoms with E-state index in [9.17, 15) is 5.11 Å². The summed E-state index contributed by atoms with van der Waals surface area (Å²) in [6, 6.07) is 3.99. The summed E-state index contributed by atoms with van der Waals surface area (Å²) >= 11 is 3.41. The fourth-order valence-electron chi connectivity index (χ4n) is 1.82. The molecule has 0 amide bonds. The van der Waals surface area contributed by atoms with Crippen LogP contribution >= 0.6 is 15.9 Å². The van der Waals surface area contributed by atoms with Gasteiger partial charge in [-0.2, -0.15) is 0 Å². The van der Waals surface area contributed by atoms with Crippen molar-refractivity contribution >= 4 is 15.9 Å². The molecular weight excluding hydrogens is 232 g/mol. The summed E-state index contributed by atoms with van der Waals surface area (Å²) in [5, 5.41) is 9.49. The minimum Gasteiger partial charge on any atom is -0.496 e. The maximum atomic E-state index is 9.49. The maximum absolute atomic E-state index is 9.49. The van der Waals surface area contributed by atoms with Gasteiger partial charge in [-0.1, -0.05) is 15.9 Å². The van der Waals surface area contributed by atoms with Crippen LogP contribution < -0.4 is 4.74 Å². The van der Waals surface area contributed by atoms with Crippen LogP contribution in [-0.2, 0) is 12.8 Å². The van der Waals surface area contributed by atoms with Crippen molar-refractivity contribution in [2.45, 2.75) is 18.9 Å². The average Bonchev–Trinajstić information content (AvgIpc) is 2.43. The molecule has 0 spiro atoms. The number of hydrogen-bond acceptors (Lipinski definition) is 2. The second kappa shape index (κ2) is 3.31. The number of methoxy groups -OCH3 is 1. The van der Waals surface area contributed by atoms with E-state index in [4.69, 9.17) is 4.74 Å². The third-order valence-corrected chi connectivity index (χ3v) is 2.84.